The molecule has 2 unspecified atom stereocenters. The van der Waals surface area contributed by atoms with E-state index in [0.717, 1.165) is 0 Å². The van der Waals surface area contributed by atoms with Crippen LogP contribution in [0.25, 0.3) is 0 Å². The van der Waals surface area contributed by atoms with E-state index in [0.29, 0.717) is 22.1 Å². The van der Waals surface area contributed by atoms with Crippen LogP contribution in [0.15, 0.2) is 40.2 Å². The van der Waals surface area contributed by atoms with Gasteiger partial charge in [-0.2, -0.15) is 0 Å². The molecule has 2 N–H and O–H groups in total. The number of benzene rings is 1. The molecule has 0 spiro atoms. The minimum absolute atomic E-state index is 0.0235. The third kappa shape index (κ3) is 3.71. The number of esters is 2. The van der Waals surface area contributed by atoms with Crippen molar-refractivity contribution in [2.45, 2.75) is 25.0 Å². The van der Waals surface area contributed by atoms with Gasteiger partial charge in [0.15, 0.2) is 11.5 Å². The van der Waals surface area contributed by atoms with E-state index in [4.69, 9.17) is 24.7 Å². The fourth-order valence-corrected chi connectivity index (χ4v) is 4.78. The second-order valence-electron chi connectivity index (χ2n) is 6.71. The molecular weight excluding hydrogens is 424 g/mol. The van der Waals surface area contributed by atoms with Crippen molar-refractivity contribution in [3.05, 3.63) is 45.8 Å². The molecule has 0 aliphatic carbocycles. The van der Waals surface area contributed by atoms with Gasteiger partial charge in [-0.25, -0.2) is 9.59 Å². The monoisotopic (exact) mass is 448 g/mol. The molecule has 9 nitrogen and oxygen atoms in total. The minimum atomic E-state index is -0.928. The number of thioether (sulfide) groups is 1. The normalized spacial score (nSPS) is 20.5. The summed E-state index contributed by atoms with van der Waals surface area (Å²) in [4.78, 5) is 39.9. The quantitative estimate of drug-likeness (QED) is 0.651. The first-order valence-corrected chi connectivity index (χ1v) is 10.4. The molecule has 2 aliphatic heterocycles. The van der Waals surface area contributed by atoms with Crippen LogP contribution in [0, 0.1) is 0 Å². The number of methoxy groups -OCH3 is 3. The van der Waals surface area contributed by atoms with Crippen LogP contribution in [-0.4, -0.2) is 55.9 Å². The zero-order valence-corrected chi connectivity index (χ0v) is 18.7. The summed E-state index contributed by atoms with van der Waals surface area (Å²) < 4.78 is 20.9. The van der Waals surface area contributed by atoms with Crippen molar-refractivity contribution < 1.29 is 33.3 Å². The summed E-state index contributed by atoms with van der Waals surface area (Å²) >= 11 is 1.19. The largest absolute Gasteiger partial charge is 0.493 e. The number of carbonyl (C=O) groups is 3. The molecule has 1 fully saturated rings. The Morgan fingerprint density at radius 1 is 1.10 bits per heavy atom. The van der Waals surface area contributed by atoms with Crippen molar-refractivity contribution in [3.8, 4) is 11.5 Å². The first kappa shape index (κ1) is 22.5. The standard InChI is InChI=1S/C21H24N2O7S/c1-6-30-21(26)16-14(11-7-8-12(27-3)13(9-11)28-4)15(20(25)29-5)17(22)23-18(24)10(2)31-19(16)23/h7-10,14H,6,22H2,1-5H3. The van der Waals surface area contributed by atoms with Crippen LogP contribution >= 0.6 is 11.8 Å². The molecule has 1 amide bonds. The Hall–Kier alpha value is -3.14. The molecule has 2 aliphatic rings. The number of hydrogen-bond acceptors (Lipinski definition) is 9. The van der Waals surface area contributed by atoms with Crippen molar-refractivity contribution in [2.75, 3.05) is 27.9 Å². The molecule has 2 heterocycles. The fraction of sp³-hybridized carbons (Fsp3) is 0.381. The zero-order chi connectivity index (χ0) is 22.9. The van der Waals surface area contributed by atoms with Crippen LogP contribution < -0.4 is 15.2 Å². The maximum atomic E-state index is 13.1. The smallest absolute Gasteiger partial charge is 0.338 e. The summed E-state index contributed by atoms with van der Waals surface area (Å²) in [5.41, 5.74) is 6.96. The lowest BCUT2D eigenvalue weighted by Gasteiger charge is -2.33. The summed E-state index contributed by atoms with van der Waals surface area (Å²) in [6.45, 7) is 3.50. The first-order chi connectivity index (χ1) is 14.8. The SMILES string of the molecule is CCOC(=O)C1=C2SC(C)C(=O)N2C(N)=C(C(=O)OC)C1c1ccc(OC)c(OC)c1. The van der Waals surface area contributed by atoms with E-state index in [1.165, 1.54) is 38.0 Å². The third-order valence-electron chi connectivity index (χ3n) is 5.03. The van der Waals surface area contributed by atoms with Gasteiger partial charge < -0.3 is 24.7 Å². The van der Waals surface area contributed by atoms with E-state index in [2.05, 4.69) is 0 Å². The Bertz CT molecular complexity index is 1000. The lowest BCUT2D eigenvalue weighted by atomic mass is 9.82. The Morgan fingerprint density at radius 3 is 2.35 bits per heavy atom. The molecule has 0 saturated carbocycles. The fourth-order valence-electron chi connectivity index (χ4n) is 3.61. The van der Waals surface area contributed by atoms with Gasteiger partial charge >= 0.3 is 11.9 Å². The van der Waals surface area contributed by atoms with E-state index >= 15 is 0 Å². The number of amides is 1. The number of hydrogen-bond donors (Lipinski definition) is 1. The predicted molar refractivity (Wildman–Crippen MR) is 113 cm³/mol. The van der Waals surface area contributed by atoms with Gasteiger partial charge in [0.1, 0.15) is 5.82 Å². The second kappa shape index (κ2) is 8.93. The van der Waals surface area contributed by atoms with E-state index in [-0.39, 0.29) is 29.5 Å². The van der Waals surface area contributed by atoms with E-state index in [1.807, 2.05) is 0 Å². The van der Waals surface area contributed by atoms with Gasteiger partial charge in [-0.1, -0.05) is 17.8 Å². The average molecular weight is 448 g/mol. The van der Waals surface area contributed by atoms with Gasteiger partial charge in [0.05, 0.1) is 55.3 Å². The molecule has 1 aromatic carbocycles. The van der Waals surface area contributed by atoms with Crippen LogP contribution in [0.3, 0.4) is 0 Å². The van der Waals surface area contributed by atoms with Crippen LogP contribution in [0.4, 0.5) is 0 Å². The van der Waals surface area contributed by atoms with Gasteiger partial charge in [-0.05, 0) is 31.5 Å². The van der Waals surface area contributed by atoms with Crippen LogP contribution in [0.2, 0.25) is 0 Å². The van der Waals surface area contributed by atoms with E-state index in [9.17, 15) is 14.4 Å². The molecule has 1 aromatic rings. The van der Waals surface area contributed by atoms with Gasteiger partial charge in [0.25, 0.3) is 0 Å². The molecule has 166 valence electrons. The summed E-state index contributed by atoms with van der Waals surface area (Å²) in [6.07, 6.45) is 0. The Morgan fingerprint density at radius 2 is 1.77 bits per heavy atom. The first-order valence-electron chi connectivity index (χ1n) is 9.52. The van der Waals surface area contributed by atoms with Crippen molar-refractivity contribution in [3.63, 3.8) is 0 Å². The number of nitrogens with zero attached hydrogens (tertiary/aromatic N) is 1. The highest BCUT2D eigenvalue weighted by Crippen LogP contribution is 2.50. The van der Waals surface area contributed by atoms with Crippen LogP contribution in [-0.2, 0) is 23.9 Å². The Balaban J connectivity index is 2.32. The highest BCUT2D eigenvalue weighted by atomic mass is 32.2. The Labute approximate surface area is 184 Å². The van der Waals surface area contributed by atoms with Gasteiger partial charge in [-0.3, -0.25) is 9.69 Å². The summed E-state index contributed by atoms with van der Waals surface area (Å²) in [5, 5.41) is -0.137. The molecule has 1 saturated heterocycles. The molecule has 0 bridgehead atoms. The lowest BCUT2D eigenvalue weighted by molar-refractivity contribution is -0.139. The molecule has 31 heavy (non-hydrogen) atoms. The van der Waals surface area contributed by atoms with Gasteiger partial charge in [-0.15, -0.1) is 0 Å². The van der Waals surface area contributed by atoms with Crippen molar-refractivity contribution in [1.29, 1.82) is 0 Å². The van der Waals surface area contributed by atoms with E-state index in [1.54, 1.807) is 32.0 Å². The Kier molecular flexibility index (Phi) is 6.49. The zero-order valence-electron chi connectivity index (χ0n) is 17.9. The van der Waals surface area contributed by atoms with Crippen molar-refractivity contribution in [1.82, 2.24) is 4.90 Å². The lowest BCUT2D eigenvalue weighted by Crippen LogP contribution is -2.40. The van der Waals surface area contributed by atoms with E-state index < -0.39 is 23.1 Å². The molecule has 10 heteroatoms. The van der Waals surface area contributed by atoms with Gasteiger partial charge in [0.2, 0.25) is 5.91 Å². The van der Waals surface area contributed by atoms with Crippen molar-refractivity contribution in [2.24, 2.45) is 5.73 Å². The molecule has 0 aromatic heterocycles. The molecule has 3 rings (SSSR count). The number of nitrogens with two attached hydrogens (primary N) is 1. The molecule has 0 radical (unpaired) electrons. The van der Waals surface area contributed by atoms with Gasteiger partial charge in [0, 0.05) is 0 Å². The number of ether oxygens (including phenoxy) is 4. The topological polar surface area (TPSA) is 117 Å². The minimum Gasteiger partial charge on any atom is -0.493 e. The van der Waals surface area contributed by atoms with Crippen LogP contribution in [0.5, 0.6) is 11.5 Å². The summed E-state index contributed by atoms with van der Waals surface area (Å²) in [7, 11) is 4.19. The summed E-state index contributed by atoms with van der Waals surface area (Å²) in [5.74, 6) is -1.85. The number of carbonyl (C=O) groups excluding carboxylic acids is 3. The summed E-state index contributed by atoms with van der Waals surface area (Å²) in [6, 6.07) is 5.01. The average Bonchev–Trinajstić information content (AvgIpc) is 3.06. The number of rotatable bonds is 6. The van der Waals surface area contributed by atoms with Crippen molar-refractivity contribution >= 4 is 29.6 Å². The maximum absolute atomic E-state index is 13.1. The second-order valence-corrected chi connectivity index (χ2v) is 8.04. The highest BCUT2D eigenvalue weighted by molar-refractivity contribution is 8.04. The maximum Gasteiger partial charge on any atom is 0.338 e. The highest BCUT2D eigenvalue weighted by Gasteiger charge is 2.49. The molecule has 2 atom stereocenters. The molecular formula is C21H24N2O7S. The predicted octanol–water partition coefficient (Wildman–Crippen LogP) is 1.88. The number of fused-ring (bicyclic) bond motifs is 1. The third-order valence-corrected chi connectivity index (χ3v) is 6.21. The van der Waals surface area contributed by atoms with Crippen LogP contribution in [0.1, 0.15) is 25.3 Å².